The fraction of sp³-hybridized carbons (Fsp3) is 0.476. The fourth-order valence-corrected chi connectivity index (χ4v) is 3.39. The third-order valence-corrected chi connectivity index (χ3v) is 5.21. The van der Waals surface area contributed by atoms with E-state index < -0.39 is 0 Å². The Hall–Kier alpha value is -2.31. The fourth-order valence-electron chi connectivity index (χ4n) is 3.39. The number of aromatic nitrogens is 2. The summed E-state index contributed by atoms with van der Waals surface area (Å²) in [7, 11) is 2.16. The maximum absolute atomic E-state index is 12.7. The number of piperazine rings is 1. The van der Waals surface area contributed by atoms with Gasteiger partial charge in [-0.05, 0) is 27.3 Å². The van der Waals surface area contributed by atoms with Crippen LogP contribution in [0.15, 0.2) is 36.5 Å². The maximum atomic E-state index is 12.7. The molecule has 1 aromatic heterocycles. The van der Waals surface area contributed by atoms with Crippen molar-refractivity contribution in [3.8, 4) is 11.3 Å². The number of carbonyl (C=O) groups excluding carboxylic acids is 1. The number of likely N-dealkylation sites (N-methyl/N-ethyl adjacent to an activating group) is 1. The molecule has 0 spiro atoms. The molecule has 2 aromatic rings. The summed E-state index contributed by atoms with van der Waals surface area (Å²) in [5.74, 6) is 0.550. The first kappa shape index (κ1) is 19.5. The highest BCUT2D eigenvalue weighted by atomic mass is 16.1. The van der Waals surface area contributed by atoms with Gasteiger partial charge >= 0.3 is 0 Å². The van der Waals surface area contributed by atoms with E-state index in [1.54, 1.807) is 6.20 Å². The molecule has 1 amide bonds. The summed E-state index contributed by atoms with van der Waals surface area (Å²) in [6, 6.07) is 10.2. The van der Waals surface area contributed by atoms with Gasteiger partial charge in [0.25, 0.3) is 5.91 Å². The van der Waals surface area contributed by atoms with Crippen LogP contribution in [-0.2, 0) is 0 Å². The van der Waals surface area contributed by atoms with Crippen LogP contribution in [0.2, 0.25) is 0 Å². The minimum absolute atomic E-state index is 0.112. The summed E-state index contributed by atoms with van der Waals surface area (Å²) >= 11 is 0. The lowest BCUT2D eigenvalue weighted by molar-refractivity contribution is 0.0935. The van der Waals surface area contributed by atoms with Gasteiger partial charge in [0.1, 0.15) is 5.82 Å². The lowest BCUT2D eigenvalue weighted by atomic mass is 10.1. The average Bonchev–Trinajstić information content (AvgIpc) is 2.69. The summed E-state index contributed by atoms with van der Waals surface area (Å²) in [4.78, 5) is 26.3. The third kappa shape index (κ3) is 5.11. The Morgan fingerprint density at radius 2 is 1.89 bits per heavy atom. The molecule has 1 aromatic carbocycles. The molecule has 27 heavy (non-hydrogen) atoms. The van der Waals surface area contributed by atoms with Gasteiger partial charge in [-0.15, -0.1) is 0 Å². The number of benzene rings is 1. The first-order valence-corrected chi connectivity index (χ1v) is 9.64. The van der Waals surface area contributed by atoms with E-state index >= 15 is 0 Å². The molecule has 6 nitrogen and oxygen atoms in total. The highest BCUT2D eigenvalue weighted by Crippen LogP contribution is 2.21. The molecule has 1 N–H and O–H groups in total. The number of rotatable bonds is 6. The number of nitrogens with one attached hydrogen (secondary N) is 1. The van der Waals surface area contributed by atoms with E-state index in [2.05, 4.69) is 39.1 Å². The molecule has 1 atom stereocenters. The number of hydrogen-bond acceptors (Lipinski definition) is 5. The van der Waals surface area contributed by atoms with E-state index in [4.69, 9.17) is 0 Å². The van der Waals surface area contributed by atoms with E-state index in [1.165, 1.54) is 0 Å². The summed E-state index contributed by atoms with van der Waals surface area (Å²) in [6.45, 7) is 9.13. The van der Waals surface area contributed by atoms with Crippen molar-refractivity contribution in [2.45, 2.75) is 26.3 Å². The maximum Gasteiger partial charge on any atom is 0.255 e. The van der Waals surface area contributed by atoms with Crippen molar-refractivity contribution < 1.29 is 4.79 Å². The van der Waals surface area contributed by atoms with E-state index in [-0.39, 0.29) is 5.91 Å². The summed E-state index contributed by atoms with van der Waals surface area (Å²) in [5.41, 5.74) is 2.14. The summed E-state index contributed by atoms with van der Waals surface area (Å²) in [6.07, 6.45) is 2.56. The van der Waals surface area contributed by atoms with Crippen LogP contribution in [-0.4, -0.2) is 71.5 Å². The summed E-state index contributed by atoms with van der Waals surface area (Å²) in [5, 5.41) is 3.05. The predicted octanol–water partition coefficient (Wildman–Crippen LogP) is 2.21. The van der Waals surface area contributed by atoms with Gasteiger partial charge in [-0.1, -0.05) is 30.3 Å². The highest BCUT2D eigenvalue weighted by Gasteiger charge is 2.20. The Kier molecular flexibility index (Phi) is 6.53. The molecule has 1 saturated heterocycles. The van der Waals surface area contributed by atoms with Gasteiger partial charge in [0.15, 0.2) is 0 Å². The highest BCUT2D eigenvalue weighted by molar-refractivity contribution is 5.99. The Labute approximate surface area is 161 Å². The second-order valence-electron chi connectivity index (χ2n) is 7.28. The minimum atomic E-state index is -0.112. The van der Waals surface area contributed by atoms with Gasteiger partial charge in [0.05, 0.1) is 11.3 Å². The molecule has 1 aliphatic rings. The van der Waals surface area contributed by atoms with E-state index in [1.807, 2.05) is 37.3 Å². The van der Waals surface area contributed by atoms with E-state index in [0.29, 0.717) is 29.7 Å². The topological polar surface area (TPSA) is 61.4 Å². The van der Waals surface area contributed by atoms with Crippen molar-refractivity contribution in [2.75, 3.05) is 39.8 Å². The molecule has 144 valence electrons. The number of hydrogen-bond donors (Lipinski definition) is 1. The minimum Gasteiger partial charge on any atom is -0.352 e. The van der Waals surface area contributed by atoms with Gasteiger partial charge in [0, 0.05) is 50.5 Å². The largest absolute Gasteiger partial charge is 0.352 e. The number of nitrogens with zero attached hydrogens (tertiary/aromatic N) is 4. The Morgan fingerprint density at radius 1 is 1.19 bits per heavy atom. The molecule has 6 heteroatoms. The normalized spacial score (nSPS) is 16.9. The molecular formula is C21H29N5O. The lowest BCUT2D eigenvalue weighted by Gasteiger charge is -2.36. The van der Waals surface area contributed by atoms with Crippen molar-refractivity contribution in [3.05, 3.63) is 47.9 Å². The van der Waals surface area contributed by atoms with Crippen LogP contribution < -0.4 is 5.32 Å². The van der Waals surface area contributed by atoms with Crippen LogP contribution in [0.5, 0.6) is 0 Å². The molecule has 1 unspecified atom stereocenters. The SMILES string of the molecule is Cc1ncc(C(=O)NCCC(C)N2CCN(C)CC2)c(-c2ccccc2)n1. The Morgan fingerprint density at radius 3 is 2.59 bits per heavy atom. The van der Waals surface area contributed by atoms with Crippen molar-refractivity contribution in [3.63, 3.8) is 0 Å². The molecular weight excluding hydrogens is 338 g/mol. The third-order valence-electron chi connectivity index (χ3n) is 5.21. The van der Waals surface area contributed by atoms with Crippen molar-refractivity contribution >= 4 is 5.91 Å². The monoisotopic (exact) mass is 367 g/mol. The van der Waals surface area contributed by atoms with Crippen LogP contribution in [0.1, 0.15) is 29.5 Å². The standard InChI is InChI=1S/C21H29N5O/c1-16(26-13-11-25(3)12-14-26)9-10-22-21(27)19-15-23-17(2)24-20(19)18-7-5-4-6-8-18/h4-8,15-16H,9-14H2,1-3H3,(H,22,27). The number of carbonyl (C=O) groups is 1. The molecule has 0 saturated carbocycles. The van der Waals surface area contributed by atoms with Gasteiger partial charge in [-0.3, -0.25) is 9.69 Å². The van der Waals surface area contributed by atoms with Crippen molar-refractivity contribution in [2.24, 2.45) is 0 Å². The summed E-state index contributed by atoms with van der Waals surface area (Å²) < 4.78 is 0. The molecule has 3 rings (SSSR count). The smallest absolute Gasteiger partial charge is 0.255 e. The quantitative estimate of drug-likeness (QED) is 0.848. The van der Waals surface area contributed by atoms with Gasteiger partial charge in [0.2, 0.25) is 0 Å². The van der Waals surface area contributed by atoms with E-state index in [0.717, 1.165) is 38.2 Å². The molecule has 1 fully saturated rings. The van der Waals surface area contributed by atoms with Crippen LogP contribution in [0.4, 0.5) is 0 Å². The molecule has 0 radical (unpaired) electrons. The Balaban J connectivity index is 1.60. The molecule has 1 aliphatic heterocycles. The molecule has 0 bridgehead atoms. The van der Waals surface area contributed by atoms with Gasteiger partial charge in [-0.2, -0.15) is 0 Å². The number of amides is 1. The zero-order valence-electron chi connectivity index (χ0n) is 16.5. The zero-order chi connectivity index (χ0) is 19.2. The van der Waals surface area contributed by atoms with Crippen LogP contribution in [0, 0.1) is 6.92 Å². The lowest BCUT2D eigenvalue weighted by Crippen LogP contribution is -2.48. The van der Waals surface area contributed by atoms with Crippen LogP contribution >= 0.6 is 0 Å². The van der Waals surface area contributed by atoms with Crippen LogP contribution in [0.3, 0.4) is 0 Å². The second-order valence-corrected chi connectivity index (χ2v) is 7.28. The van der Waals surface area contributed by atoms with Crippen molar-refractivity contribution in [1.82, 2.24) is 25.1 Å². The van der Waals surface area contributed by atoms with E-state index in [9.17, 15) is 4.79 Å². The number of aryl methyl sites for hydroxylation is 1. The Bertz CT molecular complexity index is 756. The first-order chi connectivity index (χ1) is 13.0. The molecule has 0 aliphatic carbocycles. The first-order valence-electron chi connectivity index (χ1n) is 9.64. The van der Waals surface area contributed by atoms with Crippen LogP contribution in [0.25, 0.3) is 11.3 Å². The second kappa shape index (κ2) is 9.06. The molecule has 2 heterocycles. The average molecular weight is 367 g/mol. The predicted molar refractivity (Wildman–Crippen MR) is 108 cm³/mol. The van der Waals surface area contributed by atoms with Gasteiger partial charge < -0.3 is 10.2 Å². The van der Waals surface area contributed by atoms with Crippen molar-refractivity contribution in [1.29, 1.82) is 0 Å². The van der Waals surface area contributed by atoms with Gasteiger partial charge in [-0.25, -0.2) is 9.97 Å². The zero-order valence-corrected chi connectivity index (χ0v) is 16.5.